The summed E-state index contributed by atoms with van der Waals surface area (Å²) in [5.74, 6) is -0.0985. The zero-order chi connectivity index (χ0) is 23.2. The van der Waals surface area contributed by atoms with Crippen molar-refractivity contribution >= 4 is 39.8 Å². The Kier molecular flexibility index (Phi) is 7.24. The highest BCUT2D eigenvalue weighted by atomic mass is 35.5. The Bertz CT molecular complexity index is 1170. The zero-order valence-corrected chi connectivity index (χ0v) is 21.0. The number of carbonyl (C=O) groups is 1. The van der Waals surface area contributed by atoms with Crippen LogP contribution in [-0.4, -0.2) is 62.2 Å². The summed E-state index contributed by atoms with van der Waals surface area (Å²) in [5.41, 5.74) is 3.47. The molecule has 2 aliphatic heterocycles. The molecule has 0 unspecified atom stereocenters. The molecule has 1 atom stereocenters. The fourth-order valence-corrected chi connectivity index (χ4v) is 6.40. The second-order valence-electron chi connectivity index (χ2n) is 8.72. The first-order valence-electron chi connectivity index (χ1n) is 10.9. The summed E-state index contributed by atoms with van der Waals surface area (Å²) in [5, 5.41) is 0. The third-order valence-corrected chi connectivity index (χ3v) is 8.35. The standard InChI is InChI=1S/C23H29FN4O3S.ClH/c1-15-13-16(2)22(25-18(15)4)26-8-10-27(11-9-26)23(29)20-6-5-19(14-21(20)24)28-17(3)7-12-32(28,30)31;/h5-6,13-14,17H,7-12H2,1-4H3;1H/t17-;/m1./s1. The number of pyridine rings is 1. The number of hydrogen-bond acceptors (Lipinski definition) is 5. The van der Waals surface area contributed by atoms with Crippen molar-refractivity contribution in [1.29, 1.82) is 0 Å². The van der Waals surface area contributed by atoms with Gasteiger partial charge in [0, 0.05) is 37.9 Å². The van der Waals surface area contributed by atoms with E-state index in [0.29, 0.717) is 32.6 Å². The molecule has 33 heavy (non-hydrogen) atoms. The molecule has 2 aliphatic rings. The molecule has 3 heterocycles. The van der Waals surface area contributed by atoms with Crippen LogP contribution in [0.2, 0.25) is 0 Å². The number of carbonyl (C=O) groups excluding carboxylic acids is 1. The van der Waals surface area contributed by atoms with E-state index in [0.717, 1.165) is 28.7 Å². The van der Waals surface area contributed by atoms with E-state index in [1.807, 2.05) is 20.8 Å². The number of hydrogen-bond donors (Lipinski definition) is 0. The number of anilines is 2. The Morgan fingerprint density at radius 3 is 2.30 bits per heavy atom. The van der Waals surface area contributed by atoms with Crippen LogP contribution in [0.4, 0.5) is 15.9 Å². The zero-order valence-electron chi connectivity index (χ0n) is 19.3. The Balaban J connectivity index is 0.00000306. The van der Waals surface area contributed by atoms with Crippen molar-refractivity contribution in [3.05, 3.63) is 52.5 Å². The molecule has 180 valence electrons. The number of amides is 1. The molecule has 0 bridgehead atoms. The molecule has 7 nitrogen and oxygen atoms in total. The maximum atomic E-state index is 14.9. The lowest BCUT2D eigenvalue weighted by Crippen LogP contribution is -2.49. The lowest BCUT2D eigenvalue weighted by Gasteiger charge is -2.36. The number of piperazine rings is 1. The van der Waals surface area contributed by atoms with E-state index in [2.05, 4.69) is 11.0 Å². The van der Waals surface area contributed by atoms with Gasteiger partial charge in [0.05, 0.1) is 17.0 Å². The lowest BCUT2D eigenvalue weighted by molar-refractivity contribution is 0.0742. The number of aromatic nitrogens is 1. The fourth-order valence-electron chi connectivity index (χ4n) is 4.48. The lowest BCUT2D eigenvalue weighted by atomic mass is 10.1. The Morgan fingerprint density at radius 1 is 1.06 bits per heavy atom. The van der Waals surface area contributed by atoms with E-state index in [1.165, 1.54) is 16.4 Å². The van der Waals surface area contributed by atoms with Crippen molar-refractivity contribution in [2.24, 2.45) is 0 Å². The Morgan fingerprint density at radius 2 is 1.73 bits per heavy atom. The minimum atomic E-state index is -3.44. The average Bonchev–Trinajstić information content (AvgIpc) is 3.02. The summed E-state index contributed by atoms with van der Waals surface area (Å²) in [6.45, 7) is 10.0. The maximum absolute atomic E-state index is 14.9. The minimum Gasteiger partial charge on any atom is -0.353 e. The van der Waals surface area contributed by atoms with Crippen molar-refractivity contribution in [3.8, 4) is 0 Å². The molecule has 0 radical (unpaired) electrons. The van der Waals surface area contributed by atoms with E-state index in [1.54, 1.807) is 11.8 Å². The van der Waals surface area contributed by atoms with Crippen molar-refractivity contribution in [1.82, 2.24) is 9.88 Å². The molecule has 1 aromatic heterocycles. The molecular formula is C23H30ClFN4O3S. The van der Waals surface area contributed by atoms with Gasteiger partial charge >= 0.3 is 0 Å². The highest BCUT2D eigenvalue weighted by Crippen LogP contribution is 2.30. The summed E-state index contributed by atoms with van der Waals surface area (Å²) in [6, 6.07) is 5.97. The number of aryl methyl sites for hydroxylation is 3. The Hall–Kier alpha value is -2.39. The van der Waals surface area contributed by atoms with Gasteiger partial charge < -0.3 is 9.80 Å². The van der Waals surface area contributed by atoms with Crippen LogP contribution in [0.25, 0.3) is 0 Å². The highest BCUT2D eigenvalue weighted by Gasteiger charge is 2.35. The minimum absolute atomic E-state index is 0. The summed E-state index contributed by atoms with van der Waals surface area (Å²) in [7, 11) is -3.44. The van der Waals surface area contributed by atoms with Crippen LogP contribution >= 0.6 is 12.4 Å². The largest absolute Gasteiger partial charge is 0.353 e. The van der Waals surface area contributed by atoms with Crippen LogP contribution < -0.4 is 9.21 Å². The topological polar surface area (TPSA) is 73.8 Å². The van der Waals surface area contributed by atoms with Gasteiger partial charge in [-0.3, -0.25) is 9.10 Å². The molecule has 4 rings (SSSR count). The Labute approximate surface area is 201 Å². The summed E-state index contributed by atoms with van der Waals surface area (Å²) >= 11 is 0. The van der Waals surface area contributed by atoms with Crippen molar-refractivity contribution in [2.45, 2.75) is 40.2 Å². The maximum Gasteiger partial charge on any atom is 0.256 e. The number of nitrogens with zero attached hydrogens (tertiary/aromatic N) is 4. The average molecular weight is 497 g/mol. The first-order valence-corrected chi connectivity index (χ1v) is 12.5. The predicted octanol–water partition coefficient (Wildman–Crippen LogP) is 3.46. The molecule has 2 aromatic rings. The molecule has 1 aromatic carbocycles. The molecule has 2 fully saturated rings. The van der Waals surface area contributed by atoms with Crippen LogP contribution in [0.3, 0.4) is 0 Å². The van der Waals surface area contributed by atoms with Gasteiger partial charge in [-0.05, 0) is 63.4 Å². The van der Waals surface area contributed by atoms with Gasteiger partial charge in [0.2, 0.25) is 10.0 Å². The summed E-state index contributed by atoms with van der Waals surface area (Å²) in [6.07, 6.45) is 0.504. The van der Waals surface area contributed by atoms with Crippen LogP contribution in [0.1, 0.15) is 40.5 Å². The van der Waals surface area contributed by atoms with Crippen molar-refractivity contribution < 1.29 is 17.6 Å². The molecule has 1 amide bonds. The number of rotatable bonds is 3. The first kappa shape index (κ1) is 25.2. The second-order valence-corrected chi connectivity index (χ2v) is 10.7. The SMILES string of the molecule is Cc1cc(C)c(N2CCN(C(=O)c3ccc(N4[C@H](C)CCS4(=O)=O)cc3F)CC2)nc1C.Cl. The molecular weight excluding hydrogens is 467 g/mol. The number of halogens is 2. The second kappa shape index (κ2) is 9.46. The normalized spacial score (nSPS) is 20.0. The number of benzene rings is 1. The van der Waals surface area contributed by atoms with E-state index >= 15 is 0 Å². The van der Waals surface area contributed by atoms with Gasteiger partial charge in [0.15, 0.2) is 0 Å². The van der Waals surface area contributed by atoms with E-state index in [9.17, 15) is 17.6 Å². The van der Waals surface area contributed by atoms with Gasteiger partial charge in [-0.2, -0.15) is 0 Å². The van der Waals surface area contributed by atoms with E-state index in [4.69, 9.17) is 4.98 Å². The van der Waals surface area contributed by atoms with Crippen molar-refractivity contribution in [3.63, 3.8) is 0 Å². The molecule has 10 heteroatoms. The third kappa shape index (κ3) is 4.80. The predicted molar refractivity (Wildman–Crippen MR) is 131 cm³/mol. The molecule has 0 N–H and O–H groups in total. The smallest absolute Gasteiger partial charge is 0.256 e. The summed E-state index contributed by atoms with van der Waals surface area (Å²) in [4.78, 5) is 21.5. The molecule has 0 saturated carbocycles. The number of sulfonamides is 1. The quantitative estimate of drug-likeness (QED) is 0.650. The molecule has 0 aliphatic carbocycles. The fraction of sp³-hybridized carbons (Fsp3) is 0.478. The van der Waals surface area contributed by atoms with Crippen LogP contribution in [0.5, 0.6) is 0 Å². The molecule has 0 spiro atoms. The van der Waals surface area contributed by atoms with Crippen LogP contribution in [0, 0.1) is 26.6 Å². The van der Waals surface area contributed by atoms with Gasteiger partial charge in [-0.25, -0.2) is 17.8 Å². The van der Waals surface area contributed by atoms with E-state index in [-0.39, 0.29) is 41.4 Å². The first-order chi connectivity index (χ1) is 15.1. The van der Waals surface area contributed by atoms with Gasteiger partial charge in [-0.15, -0.1) is 12.4 Å². The third-order valence-electron chi connectivity index (χ3n) is 6.43. The van der Waals surface area contributed by atoms with Crippen LogP contribution in [0.15, 0.2) is 24.3 Å². The van der Waals surface area contributed by atoms with Gasteiger partial charge in [0.1, 0.15) is 11.6 Å². The van der Waals surface area contributed by atoms with Crippen molar-refractivity contribution in [2.75, 3.05) is 41.1 Å². The van der Waals surface area contributed by atoms with Gasteiger partial charge in [0.25, 0.3) is 5.91 Å². The highest BCUT2D eigenvalue weighted by molar-refractivity contribution is 7.93. The molecule has 2 saturated heterocycles. The monoisotopic (exact) mass is 496 g/mol. The summed E-state index contributed by atoms with van der Waals surface area (Å²) < 4.78 is 40.7. The van der Waals surface area contributed by atoms with Crippen LogP contribution in [-0.2, 0) is 10.0 Å². The van der Waals surface area contributed by atoms with Gasteiger partial charge in [-0.1, -0.05) is 6.07 Å². The van der Waals surface area contributed by atoms with E-state index < -0.39 is 15.8 Å².